The molecule has 0 unspecified atom stereocenters. The molecule has 0 aliphatic heterocycles. The highest BCUT2D eigenvalue weighted by Crippen LogP contribution is 2.28. The second-order valence-corrected chi connectivity index (χ2v) is 3.81. The van der Waals surface area contributed by atoms with Crippen molar-refractivity contribution < 1.29 is 9.72 Å². The Labute approximate surface area is 89.2 Å². The van der Waals surface area contributed by atoms with Crippen LogP contribution >= 0.6 is 15.9 Å². The van der Waals surface area contributed by atoms with Crippen molar-refractivity contribution in [2.24, 2.45) is 0 Å². The van der Waals surface area contributed by atoms with Gasteiger partial charge in [-0.15, -0.1) is 0 Å². The van der Waals surface area contributed by atoms with Gasteiger partial charge in [0.05, 0.1) is 4.92 Å². The number of nitro benzene ring substituents is 1. The minimum Gasteiger partial charge on any atom is -0.294 e. The van der Waals surface area contributed by atoms with Crippen LogP contribution < -0.4 is 0 Å². The van der Waals surface area contributed by atoms with Gasteiger partial charge < -0.3 is 0 Å². The van der Waals surface area contributed by atoms with E-state index in [1.165, 1.54) is 13.0 Å². The van der Waals surface area contributed by atoms with Crippen LogP contribution in [0.1, 0.15) is 22.8 Å². The molecule has 1 rings (SSSR count). The third-order valence-electron chi connectivity index (χ3n) is 1.76. The van der Waals surface area contributed by atoms with E-state index in [1.807, 2.05) is 0 Å². The van der Waals surface area contributed by atoms with Crippen LogP contribution in [-0.2, 0) is 0 Å². The van der Waals surface area contributed by atoms with Crippen molar-refractivity contribution in [2.45, 2.75) is 13.8 Å². The Balaban J connectivity index is 3.52. The Morgan fingerprint density at radius 1 is 1.50 bits per heavy atom. The topological polar surface area (TPSA) is 60.2 Å². The number of aryl methyl sites for hydroxylation is 1. The van der Waals surface area contributed by atoms with Crippen molar-refractivity contribution in [1.82, 2.24) is 0 Å². The first-order valence-corrected chi connectivity index (χ1v) is 4.68. The maximum absolute atomic E-state index is 11.2. The van der Waals surface area contributed by atoms with Crippen molar-refractivity contribution in [1.29, 1.82) is 0 Å². The van der Waals surface area contributed by atoms with Gasteiger partial charge in [-0.3, -0.25) is 14.9 Å². The Morgan fingerprint density at radius 2 is 2.07 bits per heavy atom. The van der Waals surface area contributed by atoms with E-state index in [2.05, 4.69) is 15.9 Å². The fourth-order valence-electron chi connectivity index (χ4n) is 1.22. The molecule has 0 bridgehead atoms. The van der Waals surface area contributed by atoms with Crippen LogP contribution in [0.3, 0.4) is 0 Å². The van der Waals surface area contributed by atoms with E-state index < -0.39 is 4.92 Å². The molecule has 0 fully saturated rings. The maximum atomic E-state index is 11.2. The summed E-state index contributed by atoms with van der Waals surface area (Å²) in [4.78, 5) is 21.3. The molecule has 0 saturated heterocycles. The third-order valence-corrected chi connectivity index (χ3v) is 2.39. The first-order chi connectivity index (χ1) is 6.43. The molecule has 0 spiro atoms. The van der Waals surface area contributed by atoms with Crippen molar-refractivity contribution in [3.05, 3.63) is 37.8 Å². The third kappa shape index (κ3) is 1.98. The quantitative estimate of drug-likeness (QED) is 0.465. The molecule has 0 amide bonds. The van der Waals surface area contributed by atoms with E-state index >= 15 is 0 Å². The van der Waals surface area contributed by atoms with Gasteiger partial charge in [0.15, 0.2) is 5.78 Å². The molecule has 0 aliphatic rings. The summed E-state index contributed by atoms with van der Waals surface area (Å²) < 4.78 is 0.469. The normalized spacial score (nSPS) is 9.93. The van der Waals surface area contributed by atoms with E-state index in [4.69, 9.17) is 0 Å². The summed E-state index contributed by atoms with van der Waals surface area (Å²) in [6, 6.07) is 3.07. The number of rotatable bonds is 2. The summed E-state index contributed by atoms with van der Waals surface area (Å²) in [5.74, 6) is -0.316. The fourth-order valence-corrected chi connectivity index (χ4v) is 2.06. The number of nitrogens with zero attached hydrogens (tertiary/aromatic N) is 1. The van der Waals surface area contributed by atoms with Crippen LogP contribution in [0.4, 0.5) is 5.69 Å². The number of hydrogen-bond acceptors (Lipinski definition) is 3. The van der Waals surface area contributed by atoms with Crippen LogP contribution in [0.25, 0.3) is 0 Å². The molecule has 0 heterocycles. The molecule has 0 N–H and O–H groups in total. The van der Waals surface area contributed by atoms with Gasteiger partial charge in [-0.2, -0.15) is 0 Å². The second-order valence-electron chi connectivity index (χ2n) is 2.95. The molecule has 0 aliphatic carbocycles. The van der Waals surface area contributed by atoms with Crippen molar-refractivity contribution in [3.63, 3.8) is 0 Å². The number of hydrogen-bond donors (Lipinski definition) is 0. The zero-order chi connectivity index (χ0) is 10.9. The molecule has 0 saturated carbocycles. The molecule has 14 heavy (non-hydrogen) atoms. The van der Waals surface area contributed by atoms with Gasteiger partial charge in [0.1, 0.15) is 5.56 Å². The fraction of sp³-hybridized carbons (Fsp3) is 0.222. The maximum Gasteiger partial charge on any atom is 0.281 e. The number of Topliss-reactive ketones (excluding diaryl/α,β-unsaturated/α-hetero) is 1. The Morgan fingerprint density at radius 3 is 2.50 bits per heavy atom. The van der Waals surface area contributed by atoms with Crippen LogP contribution in [0, 0.1) is 17.0 Å². The van der Waals surface area contributed by atoms with Crippen LogP contribution in [0.15, 0.2) is 16.6 Å². The zero-order valence-electron chi connectivity index (χ0n) is 7.70. The van der Waals surface area contributed by atoms with E-state index in [1.54, 1.807) is 13.0 Å². The monoisotopic (exact) mass is 257 g/mol. The average molecular weight is 258 g/mol. The molecule has 1 aromatic carbocycles. The number of halogens is 1. The molecular weight excluding hydrogens is 250 g/mol. The van der Waals surface area contributed by atoms with Gasteiger partial charge in [-0.05, 0) is 41.4 Å². The first kappa shape index (κ1) is 10.8. The van der Waals surface area contributed by atoms with E-state index in [0.717, 1.165) is 5.56 Å². The second kappa shape index (κ2) is 3.88. The smallest absolute Gasteiger partial charge is 0.281 e. The highest BCUT2D eigenvalue weighted by Gasteiger charge is 2.20. The standard InChI is InChI=1S/C9H8BrNO3/c1-5-3-7(10)9(6(2)12)8(4-5)11(13)14/h3-4H,1-2H3. The number of benzene rings is 1. The Hall–Kier alpha value is -1.23. The van der Waals surface area contributed by atoms with Gasteiger partial charge in [0, 0.05) is 10.5 Å². The molecular formula is C9H8BrNO3. The van der Waals surface area contributed by atoms with Gasteiger partial charge in [0.2, 0.25) is 0 Å². The number of carbonyl (C=O) groups excluding carboxylic acids is 1. The lowest BCUT2D eigenvalue weighted by Crippen LogP contribution is -2.01. The largest absolute Gasteiger partial charge is 0.294 e. The summed E-state index contributed by atoms with van der Waals surface area (Å²) in [7, 11) is 0. The zero-order valence-corrected chi connectivity index (χ0v) is 9.29. The summed E-state index contributed by atoms with van der Waals surface area (Å²) in [5.41, 5.74) is 0.721. The van der Waals surface area contributed by atoms with Crippen molar-refractivity contribution in [2.75, 3.05) is 0 Å². The van der Waals surface area contributed by atoms with Crippen molar-refractivity contribution >= 4 is 27.4 Å². The molecule has 5 heteroatoms. The summed E-state index contributed by atoms with van der Waals surface area (Å²) in [6.45, 7) is 3.05. The van der Waals surface area contributed by atoms with Crippen LogP contribution in [0.5, 0.6) is 0 Å². The minimum absolute atomic E-state index is 0.126. The van der Waals surface area contributed by atoms with Gasteiger partial charge in [-0.25, -0.2) is 0 Å². The van der Waals surface area contributed by atoms with E-state index in [9.17, 15) is 14.9 Å². The predicted molar refractivity (Wildman–Crippen MR) is 55.5 cm³/mol. The van der Waals surface area contributed by atoms with Crippen LogP contribution in [0.2, 0.25) is 0 Å². The molecule has 74 valence electrons. The van der Waals surface area contributed by atoms with Gasteiger partial charge in [0.25, 0.3) is 5.69 Å². The van der Waals surface area contributed by atoms with Crippen LogP contribution in [-0.4, -0.2) is 10.7 Å². The number of nitro groups is 1. The van der Waals surface area contributed by atoms with E-state index in [0.29, 0.717) is 4.47 Å². The molecule has 4 nitrogen and oxygen atoms in total. The minimum atomic E-state index is -0.547. The summed E-state index contributed by atoms with van der Waals surface area (Å²) in [6.07, 6.45) is 0. The van der Waals surface area contributed by atoms with E-state index in [-0.39, 0.29) is 17.0 Å². The highest BCUT2D eigenvalue weighted by atomic mass is 79.9. The highest BCUT2D eigenvalue weighted by molar-refractivity contribution is 9.10. The molecule has 1 aromatic rings. The number of ketones is 1. The average Bonchev–Trinajstić information content (AvgIpc) is 2.01. The summed E-state index contributed by atoms with van der Waals surface area (Å²) >= 11 is 3.14. The Bertz CT molecular complexity index is 415. The summed E-state index contributed by atoms with van der Waals surface area (Å²) in [5, 5.41) is 10.7. The lowest BCUT2D eigenvalue weighted by Gasteiger charge is -2.03. The van der Waals surface area contributed by atoms with Gasteiger partial charge in [-0.1, -0.05) is 0 Å². The van der Waals surface area contributed by atoms with Crippen molar-refractivity contribution in [3.8, 4) is 0 Å². The SMILES string of the molecule is CC(=O)c1c(Br)cc(C)cc1[N+](=O)[O-]. The number of carbonyl (C=O) groups is 1. The molecule has 0 atom stereocenters. The first-order valence-electron chi connectivity index (χ1n) is 3.89. The predicted octanol–water partition coefficient (Wildman–Crippen LogP) is 2.87. The molecule has 0 aromatic heterocycles. The van der Waals surface area contributed by atoms with Gasteiger partial charge >= 0.3 is 0 Å². The Kier molecular flexibility index (Phi) is 3.00. The molecule has 0 radical (unpaired) electrons. The lowest BCUT2D eigenvalue weighted by atomic mass is 10.1. The lowest BCUT2D eigenvalue weighted by molar-refractivity contribution is -0.385.